The minimum absolute atomic E-state index is 0. The maximum absolute atomic E-state index is 2.38. The molecular weight excluding hydrogens is 194 g/mol. The Morgan fingerprint density at radius 1 is 1.00 bits per heavy atom. The van der Waals surface area contributed by atoms with Crippen LogP contribution in [0.5, 0.6) is 0 Å². The van der Waals surface area contributed by atoms with Crippen LogP contribution in [-0.4, -0.2) is 31.2 Å². The van der Waals surface area contributed by atoms with Gasteiger partial charge >= 0.3 is 0 Å². The van der Waals surface area contributed by atoms with Gasteiger partial charge in [-0.2, -0.15) is 0 Å². The molecule has 1 nitrogen and oxygen atoms in total. The van der Waals surface area contributed by atoms with Crippen molar-refractivity contribution in [3.8, 4) is 0 Å². The van der Waals surface area contributed by atoms with Crippen LogP contribution in [0.2, 0.25) is 0 Å². The lowest BCUT2D eigenvalue weighted by Gasteiger charge is -2.36. The van der Waals surface area contributed by atoms with Crippen LogP contribution in [0.3, 0.4) is 0 Å². The Morgan fingerprint density at radius 3 is 2.00 bits per heavy atom. The summed E-state index contributed by atoms with van der Waals surface area (Å²) in [4.78, 5) is 0. The highest BCUT2D eigenvalue weighted by Gasteiger charge is 2.21. The summed E-state index contributed by atoms with van der Waals surface area (Å²) < 4.78 is 1.20. The molecule has 0 spiro atoms. The molecule has 1 unspecified atom stereocenters. The van der Waals surface area contributed by atoms with Gasteiger partial charge in [0.25, 0.3) is 0 Å². The number of hydrogen-bond donors (Lipinski definition) is 0. The number of quaternary nitrogens is 1. The van der Waals surface area contributed by atoms with E-state index < -0.39 is 0 Å². The highest BCUT2D eigenvalue weighted by molar-refractivity contribution is 4.50. The van der Waals surface area contributed by atoms with Gasteiger partial charge in [0, 0.05) is 0 Å². The van der Waals surface area contributed by atoms with Crippen LogP contribution in [0.1, 0.15) is 52.9 Å². The predicted molar refractivity (Wildman–Crippen MR) is 60.9 cm³/mol. The van der Waals surface area contributed by atoms with Gasteiger partial charge in [0.2, 0.25) is 0 Å². The zero-order valence-corrected chi connectivity index (χ0v) is 11.4. The first kappa shape index (κ1) is 16.7. The van der Waals surface area contributed by atoms with Crippen molar-refractivity contribution in [3.63, 3.8) is 0 Å². The van der Waals surface area contributed by atoms with Crippen molar-refractivity contribution in [1.29, 1.82) is 0 Å². The van der Waals surface area contributed by atoms with Crippen LogP contribution >= 0.6 is 0 Å². The molecule has 0 fully saturated rings. The third kappa shape index (κ3) is 6.67. The van der Waals surface area contributed by atoms with Crippen LogP contribution in [-0.2, 0) is 0 Å². The molecule has 0 radical (unpaired) electrons. The molecule has 1 atom stereocenters. The molecule has 0 saturated heterocycles. The smallest absolute Gasteiger partial charge is 0.0857 e. The highest BCUT2D eigenvalue weighted by atomic mass is 35.5. The fourth-order valence-electron chi connectivity index (χ4n) is 1.76. The van der Waals surface area contributed by atoms with E-state index in [0.717, 1.165) is 6.04 Å². The normalized spacial score (nSPS) is 13.5. The Balaban J connectivity index is 0. The lowest BCUT2D eigenvalue weighted by atomic mass is 10.1. The van der Waals surface area contributed by atoms with E-state index in [1.54, 1.807) is 0 Å². The Bertz CT molecular complexity index is 123. The van der Waals surface area contributed by atoms with Gasteiger partial charge in [0.1, 0.15) is 0 Å². The van der Waals surface area contributed by atoms with E-state index in [0.29, 0.717) is 0 Å². The maximum Gasteiger partial charge on any atom is 0.0857 e. The fourth-order valence-corrected chi connectivity index (χ4v) is 1.76. The van der Waals surface area contributed by atoms with Crippen molar-refractivity contribution in [2.45, 2.75) is 58.9 Å². The molecule has 0 aromatic carbocycles. The molecule has 0 saturated carbocycles. The Morgan fingerprint density at radius 2 is 1.57 bits per heavy atom. The van der Waals surface area contributed by atoms with E-state index in [-0.39, 0.29) is 12.4 Å². The number of halogens is 1. The molecule has 2 heteroatoms. The topological polar surface area (TPSA) is 0 Å². The van der Waals surface area contributed by atoms with Gasteiger partial charge in [0.15, 0.2) is 0 Å². The number of rotatable bonds is 7. The van der Waals surface area contributed by atoms with E-state index >= 15 is 0 Å². The van der Waals surface area contributed by atoms with Crippen LogP contribution in [0.25, 0.3) is 0 Å². The lowest BCUT2D eigenvalue weighted by Crippen LogP contribution is -3.00. The van der Waals surface area contributed by atoms with Gasteiger partial charge in [-0.3, -0.25) is 0 Å². The van der Waals surface area contributed by atoms with Gasteiger partial charge < -0.3 is 16.9 Å². The van der Waals surface area contributed by atoms with Gasteiger partial charge in [0.05, 0.1) is 26.7 Å². The summed E-state index contributed by atoms with van der Waals surface area (Å²) in [6.07, 6.45) is 6.79. The first-order chi connectivity index (χ1) is 6.04. The first-order valence-corrected chi connectivity index (χ1v) is 5.87. The summed E-state index contributed by atoms with van der Waals surface area (Å²) in [5.74, 6) is 0. The number of nitrogens with zero attached hydrogens (tertiary/aromatic N) is 1. The number of unbranched alkanes of at least 4 members (excludes halogenated alkanes) is 2. The van der Waals surface area contributed by atoms with Crippen molar-refractivity contribution in [2.24, 2.45) is 0 Å². The second-order valence-electron chi connectivity index (χ2n) is 4.85. The molecule has 0 N–H and O–H groups in total. The molecule has 88 valence electrons. The van der Waals surface area contributed by atoms with Crippen molar-refractivity contribution >= 4 is 0 Å². The second kappa shape index (κ2) is 8.55. The average molecular weight is 222 g/mol. The summed E-state index contributed by atoms with van der Waals surface area (Å²) in [6, 6.07) is 0.821. The summed E-state index contributed by atoms with van der Waals surface area (Å²) in [5, 5.41) is 0. The van der Waals surface area contributed by atoms with Crippen LogP contribution in [0.15, 0.2) is 0 Å². The third-order valence-electron chi connectivity index (χ3n) is 3.24. The van der Waals surface area contributed by atoms with Gasteiger partial charge in [-0.15, -0.1) is 0 Å². The molecule has 0 aliphatic rings. The molecule has 0 aromatic rings. The Labute approximate surface area is 96.9 Å². The summed E-state index contributed by atoms with van der Waals surface area (Å²) in [7, 11) is 4.74. The molecule has 0 heterocycles. The van der Waals surface area contributed by atoms with E-state index in [1.807, 2.05) is 0 Å². The van der Waals surface area contributed by atoms with E-state index in [4.69, 9.17) is 0 Å². The molecular formula is C12H28ClN. The monoisotopic (exact) mass is 221 g/mol. The average Bonchev–Trinajstić information content (AvgIpc) is 2.05. The van der Waals surface area contributed by atoms with Crippen LogP contribution in [0, 0.1) is 0 Å². The minimum Gasteiger partial charge on any atom is -1.00 e. The van der Waals surface area contributed by atoms with E-state index in [9.17, 15) is 0 Å². The minimum atomic E-state index is 0. The molecule has 0 aliphatic carbocycles. The molecule has 0 aromatic heterocycles. The highest BCUT2D eigenvalue weighted by Crippen LogP contribution is 2.13. The SMILES string of the molecule is CCCCC[N+](C)(C)C(C)CCC.[Cl-]. The molecule has 0 amide bonds. The number of hydrogen-bond acceptors (Lipinski definition) is 0. The summed E-state index contributed by atoms with van der Waals surface area (Å²) in [5.41, 5.74) is 0. The van der Waals surface area contributed by atoms with E-state index in [2.05, 4.69) is 34.9 Å². The Hall–Kier alpha value is 0.250. The van der Waals surface area contributed by atoms with Crippen molar-refractivity contribution in [3.05, 3.63) is 0 Å². The first-order valence-electron chi connectivity index (χ1n) is 5.87. The molecule has 14 heavy (non-hydrogen) atoms. The quantitative estimate of drug-likeness (QED) is 0.433. The van der Waals surface area contributed by atoms with Gasteiger partial charge in [-0.05, 0) is 26.2 Å². The molecule has 0 rings (SSSR count). The van der Waals surface area contributed by atoms with Gasteiger partial charge in [-0.1, -0.05) is 26.7 Å². The summed E-state index contributed by atoms with van der Waals surface area (Å²) in [6.45, 7) is 8.28. The third-order valence-corrected chi connectivity index (χ3v) is 3.24. The molecule has 0 bridgehead atoms. The zero-order chi connectivity index (χ0) is 10.3. The van der Waals surface area contributed by atoms with Crippen molar-refractivity contribution < 1.29 is 16.9 Å². The van der Waals surface area contributed by atoms with E-state index in [1.165, 1.54) is 43.1 Å². The van der Waals surface area contributed by atoms with Crippen molar-refractivity contribution in [2.75, 3.05) is 20.6 Å². The molecule has 0 aliphatic heterocycles. The van der Waals surface area contributed by atoms with Crippen molar-refractivity contribution in [1.82, 2.24) is 0 Å². The predicted octanol–water partition coefficient (Wildman–Crippen LogP) is 0.446. The largest absolute Gasteiger partial charge is 1.00 e. The fraction of sp³-hybridized carbons (Fsp3) is 1.00. The Kier molecular flexibility index (Phi) is 10.2. The zero-order valence-electron chi connectivity index (χ0n) is 10.6. The summed E-state index contributed by atoms with van der Waals surface area (Å²) >= 11 is 0. The van der Waals surface area contributed by atoms with Gasteiger partial charge in [-0.25, -0.2) is 0 Å². The van der Waals surface area contributed by atoms with Crippen LogP contribution < -0.4 is 12.4 Å². The van der Waals surface area contributed by atoms with Crippen LogP contribution in [0.4, 0.5) is 0 Å². The maximum atomic E-state index is 2.38. The lowest BCUT2D eigenvalue weighted by molar-refractivity contribution is -0.913. The second-order valence-corrected chi connectivity index (χ2v) is 4.85. The standard InChI is InChI=1S/C12H28N.ClH/c1-6-8-9-11-13(4,5)12(3)10-7-2;/h12H,6-11H2,1-5H3;1H/q+1;/p-1.